The highest BCUT2D eigenvalue weighted by Crippen LogP contribution is 2.25. The van der Waals surface area contributed by atoms with E-state index < -0.39 is 16.1 Å². The van der Waals surface area contributed by atoms with Crippen molar-refractivity contribution >= 4 is 5.69 Å². The van der Waals surface area contributed by atoms with Gasteiger partial charge in [0.25, 0.3) is 5.69 Å². The Labute approximate surface area is 113 Å². The number of nitrogens with zero attached hydrogens (tertiary/aromatic N) is 1. The highest BCUT2D eigenvalue weighted by Gasteiger charge is 2.35. The maximum Gasteiger partial charge on any atom is 0.269 e. The van der Waals surface area contributed by atoms with Gasteiger partial charge in [-0.3, -0.25) is 10.1 Å². The van der Waals surface area contributed by atoms with Crippen molar-refractivity contribution in [2.24, 2.45) is 0 Å². The molecule has 1 aromatic carbocycles. The molecule has 5 nitrogen and oxygen atoms in total. The number of rotatable bonds is 5. The standard InChI is InChI=1S/C14H22N2O3/c1-10(15-13(2,3)14(4,5)17)11-6-8-12(9-7-11)16(18)19/h6-10,15,17H,1-5H3. The number of aliphatic hydroxyl groups is 1. The van der Waals surface area contributed by atoms with Crippen LogP contribution in [0.5, 0.6) is 0 Å². The van der Waals surface area contributed by atoms with Crippen LogP contribution < -0.4 is 5.32 Å². The fourth-order valence-electron chi connectivity index (χ4n) is 1.69. The molecule has 0 spiro atoms. The first-order valence-electron chi connectivity index (χ1n) is 6.29. The summed E-state index contributed by atoms with van der Waals surface area (Å²) in [6.07, 6.45) is 0. The van der Waals surface area contributed by atoms with Gasteiger partial charge in [0.1, 0.15) is 0 Å². The number of nitro groups is 1. The van der Waals surface area contributed by atoms with E-state index in [4.69, 9.17) is 0 Å². The minimum absolute atomic E-state index is 0.0118. The Kier molecular flexibility index (Phi) is 4.32. The van der Waals surface area contributed by atoms with Crippen LogP contribution in [0, 0.1) is 10.1 Å². The lowest BCUT2D eigenvalue weighted by Gasteiger charge is -2.40. The van der Waals surface area contributed by atoms with Crippen LogP contribution in [0.1, 0.15) is 46.2 Å². The summed E-state index contributed by atoms with van der Waals surface area (Å²) in [7, 11) is 0. The molecule has 1 atom stereocenters. The van der Waals surface area contributed by atoms with E-state index in [1.54, 1.807) is 26.0 Å². The summed E-state index contributed by atoms with van der Waals surface area (Å²) >= 11 is 0. The zero-order chi connectivity index (χ0) is 14.8. The lowest BCUT2D eigenvalue weighted by molar-refractivity contribution is -0.384. The number of nitrogens with one attached hydrogen (secondary N) is 1. The lowest BCUT2D eigenvalue weighted by Crippen LogP contribution is -2.56. The quantitative estimate of drug-likeness (QED) is 0.634. The molecule has 0 bridgehead atoms. The first kappa shape index (κ1) is 15.6. The summed E-state index contributed by atoms with van der Waals surface area (Å²) in [5.74, 6) is 0. The highest BCUT2D eigenvalue weighted by atomic mass is 16.6. The Bertz CT molecular complexity index is 447. The van der Waals surface area contributed by atoms with Crippen LogP contribution in [0.15, 0.2) is 24.3 Å². The molecule has 0 aliphatic carbocycles. The van der Waals surface area contributed by atoms with Crippen molar-refractivity contribution in [2.75, 3.05) is 0 Å². The first-order valence-corrected chi connectivity index (χ1v) is 6.29. The van der Waals surface area contributed by atoms with Gasteiger partial charge in [-0.1, -0.05) is 12.1 Å². The van der Waals surface area contributed by atoms with E-state index in [0.717, 1.165) is 5.56 Å². The van der Waals surface area contributed by atoms with Gasteiger partial charge in [-0.05, 0) is 40.2 Å². The molecule has 0 radical (unpaired) electrons. The van der Waals surface area contributed by atoms with Crippen LogP contribution in [-0.4, -0.2) is 21.2 Å². The maximum atomic E-state index is 10.6. The minimum Gasteiger partial charge on any atom is -0.389 e. The van der Waals surface area contributed by atoms with Gasteiger partial charge < -0.3 is 10.4 Å². The fraction of sp³-hybridized carbons (Fsp3) is 0.571. The molecule has 0 amide bonds. The molecule has 0 fully saturated rings. The van der Waals surface area contributed by atoms with Gasteiger partial charge in [-0.25, -0.2) is 0 Å². The van der Waals surface area contributed by atoms with E-state index in [0.29, 0.717) is 0 Å². The molecule has 0 saturated carbocycles. The van der Waals surface area contributed by atoms with Gasteiger partial charge in [0.15, 0.2) is 0 Å². The van der Waals surface area contributed by atoms with Crippen LogP contribution >= 0.6 is 0 Å². The zero-order valence-corrected chi connectivity index (χ0v) is 12.1. The van der Waals surface area contributed by atoms with E-state index >= 15 is 0 Å². The fourth-order valence-corrected chi connectivity index (χ4v) is 1.69. The van der Waals surface area contributed by atoms with Gasteiger partial charge in [0.2, 0.25) is 0 Å². The van der Waals surface area contributed by atoms with Crippen LogP contribution in [0.2, 0.25) is 0 Å². The second kappa shape index (κ2) is 5.27. The number of nitro benzene ring substituents is 1. The second-order valence-corrected chi connectivity index (χ2v) is 5.90. The number of non-ortho nitro benzene ring substituents is 1. The average molecular weight is 266 g/mol. The van der Waals surface area contributed by atoms with Crippen LogP contribution in [0.4, 0.5) is 5.69 Å². The largest absolute Gasteiger partial charge is 0.389 e. The molecule has 1 aromatic rings. The third-order valence-corrected chi connectivity index (χ3v) is 3.71. The molecule has 5 heteroatoms. The molecule has 106 valence electrons. The molecule has 2 N–H and O–H groups in total. The van der Waals surface area contributed by atoms with Gasteiger partial charge in [0, 0.05) is 23.7 Å². The monoisotopic (exact) mass is 266 g/mol. The third kappa shape index (κ3) is 3.75. The minimum atomic E-state index is -0.873. The Balaban J connectivity index is 2.84. The maximum absolute atomic E-state index is 10.6. The van der Waals surface area contributed by atoms with Crippen molar-refractivity contribution in [1.82, 2.24) is 5.32 Å². The summed E-state index contributed by atoms with van der Waals surface area (Å²) in [5.41, 5.74) is -0.323. The van der Waals surface area contributed by atoms with Crippen molar-refractivity contribution in [3.05, 3.63) is 39.9 Å². The van der Waals surface area contributed by atoms with E-state index in [1.165, 1.54) is 12.1 Å². The van der Waals surface area contributed by atoms with Gasteiger partial charge in [-0.2, -0.15) is 0 Å². The number of benzene rings is 1. The van der Waals surface area contributed by atoms with E-state index in [9.17, 15) is 15.2 Å². The Morgan fingerprint density at radius 1 is 1.21 bits per heavy atom. The van der Waals surface area contributed by atoms with Crippen molar-refractivity contribution in [3.63, 3.8) is 0 Å². The molecule has 0 saturated heterocycles. The SMILES string of the molecule is CC(NC(C)(C)C(C)(C)O)c1ccc([N+](=O)[O-])cc1. The molecular weight excluding hydrogens is 244 g/mol. The first-order chi connectivity index (χ1) is 8.54. The van der Waals surface area contributed by atoms with E-state index in [1.807, 2.05) is 20.8 Å². The summed E-state index contributed by atoms with van der Waals surface area (Å²) < 4.78 is 0. The molecule has 0 aliphatic heterocycles. The zero-order valence-electron chi connectivity index (χ0n) is 12.1. The van der Waals surface area contributed by atoms with Gasteiger partial charge >= 0.3 is 0 Å². The number of hydrogen-bond acceptors (Lipinski definition) is 4. The molecule has 0 aromatic heterocycles. The van der Waals surface area contributed by atoms with Crippen LogP contribution in [0.3, 0.4) is 0 Å². The normalized spacial score (nSPS) is 14.2. The average Bonchev–Trinajstić information content (AvgIpc) is 2.27. The Morgan fingerprint density at radius 2 is 1.68 bits per heavy atom. The molecule has 19 heavy (non-hydrogen) atoms. The summed E-state index contributed by atoms with van der Waals surface area (Å²) in [4.78, 5) is 10.2. The summed E-state index contributed by atoms with van der Waals surface area (Å²) in [6, 6.07) is 6.43. The van der Waals surface area contributed by atoms with Crippen LogP contribution in [-0.2, 0) is 0 Å². The van der Waals surface area contributed by atoms with Crippen molar-refractivity contribution in [2.45, 2.75) is 51.8 Å². The van der Waals surface area contributed by atoms with E-state index in [-0.39, 0.29) is 11.7 Å². The third-order valence-electron chi connectivity index (χ3n) is 3.71. The van der Waals surface area contributed by atoms with Gasteiger partial charge in [0.05, 0.1) is 10.5 Å². The molecular formula is C14H22N2O3. The molecule has 1 rings (SSSR count). The second-order valence-electron chi connectivity index (χ2n) is 5.90. The molecule has 1 unspecified atom stereocenters. The Morgan fingerprint density at radius 3 is 2.05 bits per heavy atom. The van der Waals surface area contributed by atoms with Crippen molar-refractivity contribution in [3.8, 4) is 0 Å². The predicted molar refractivity (Wildman–Crippen MR) is 75.0 cm³/mol. The summed E-state index contributed by atoms with van der Waals surface area (Å²) in [6.45, 7) is 9.32. The van der Waals surface area contributed by atoms with Gasteiger partial charge in [-0.15, -0.1) is 0 Å². The van der Waals surface area contributed by atoms with E-state index in [2.05, 4.69) is 5.32 Å². The highest BCUT2D eigenvalue weighted by molar-refractivity contribution is 5.34. The molecule has 0 heterocycles. The smallest absolute Gasteiger partial charge is 0.269 e. The predicted octanol–water partition coefficient (Wildman–Crippen LogP) is 2.79. The lowest BCUT2D eigenvalue weighted by atomic mass is 9.85. The Hall–Kier alpha value is -1.46. The van der Waals surface area contributed by atoms with Crippen molar-refractivity contribution < 1.29 is 10.0 Å². The summed E-state index contributed by atoms with van der Waals surface area (Å²) in [5, 5.41) is 24.0. The topological polar surface area (TPSA) is 75.4 Å². The molecule has 0 aliphatic rings. The van der Waals surface area contributed by atoms with Crippen molar-refractivity contribution in [1.29, 1.82) is 0 Å². The number of hydrogen-bond donors (Lipinski definition) is 2. The van der Waals surface area contributed by atoms with Crippen LogP contribution in [0.25, 0.3) is 0 Å².